The molecule has 5 nitrogen and oxygen atoms in total. The molecule has 3 aromatic heterocycles. The van der Waals surface area contributed by atoms with Gasteiger partial charge in [0.15, 0.2) is 5.82 Å². The molecule has 6 heteroatoms. The van der Waals surface area contributed by atoms with Crippen molar-refractivity contribution in [1.29, 1.82) is 0 Å². The van der Waals surface area contributed by atoms with Crippen LogP contribution in [-0.4, -0.2) is 21.5 Å². The molecule has 0 bridgehead atoms. The molecule has 1 aliphatic rings. The molecule has 0 unspecified atom stereocenters. The van der Waals surface area contributed by atoms with E-state index in [0.29, 0.717) is 5.92 Å². The Morgan fingerprint density at radius 2 is 2.21 bits per heavy atom. The van der Waals surface area contributed by atoms with Crippen molar-refractivity contribution in [2.75, 3.05) is 6.54 Å². The summed E-state index contributed by atoms with van der Waals surface area (Å²) in [4.78, 5) is 26.4. The molecule has 29 heavy (non-hydrogen) atoms. The Balaban J connectivity index is 1.33. The Morgan fingerprint density at radius 3 is 3.10 bits per heavy atom. The lowest BCUT2D eigenvalue weighted by atomic mass is 9.89. The molecule has 1 aromatic carbocycles. The third kappa shape index (κ3) is 3.40. The van der Waals surface area contributed by atoms with E-state index in [1.165, 1.54) is 26.9 Å². The van der Waals surface area contributed by atoms with Crippen molar-refractivity contribution in [3.05, 3.63) is 62.6 Å². The van der Waals surface area contributed by atoms with Crippen LogP contribution in [0.4, 0.5) is 0 Å². The predicted octanol–water partition coefficient (Wildman–Crippen LogP) is 3.46. The van der Waals surface area contributed by atoms with Gasteiger partial charge in [0.2, 0.25) is 0 Å². The summed E-state index contributed by atoms with van der Waals surface area (Å²) in [5.74, 6) is 1.49. The second-order valence-electron chi connectivity index (χ2n) is 8.41. The first-order chi connectivity index (χ1) is 14.1. The number of benzene rings is 1. The second-order valence-corrected chi connectivity index (χ2v) is 9.49. The number of aromatic amines is 2. The number of nitrogens with two attached hydrogens (primary N) is 1. The number of para-hydroxylation sites is 1. The van der Waals surface area contributed by atoms with Gasteiger partial charge in [-0.3, -0.25) is 4.79 Å². The highest BCUT2D eigenvalue weighted by Gasteiger charge is 2.24. The Morgan fingerprint density at radius 1 is 1.34 bits per heavy atom. The van der Waals surface area contributed by atoms with Crippen LogP contribution >= 0.6 is 11.3 Å². The molecule has 0 fully saturated rings. The summed E-state index contributed by atoms with van der Waals surface area (Å²) in [7, 11) is 0. The smallest absolute Gasteiger partial charge is 0.260 e. The summed E-state index contributed by atoms with van der Waals surface area (Å²) in [6, 6.07) is 8.53. The molecule has 0 aliphatic heterocycles. The maximum absolute atomic E-state index is 12.8. The van der Waals surface area contributed by atoms with Crippen LogP contribution in [0.15, 0.2) is 35.3 Å². The van der Waals surface area contributed by atoms with Gasteiger partial charge in [0, 0.05) is 28.4 Å². The van der Waals surface area contributed by atoms with E-state index in [1.807, 2.05) is 0 Å². The van der Waals surface area contributed by atoms with Crippen molar-refractivity contribution in [2.24, 2.45) is 5.92 Å². The normalized spacial score (nSPS) is 17.7. The zero-order chi connectivity index (χ0) is 20.0. The summed E-state index contributed by atoms with van der Waals surface area (Å²) >= 11 is 1.72. The number of aryl methyl sites for hydroxylation is 1. The van der Waals surface area contributed by atoms with Gasteiger partial charge >= 0.3 is 0 Å². The first-order valence-corrected chi connectivity index (χ1v) is 11.3. The van der Waals surface area contributed by atoms with Crippen LogP contribution in [0.3, 0.4) is 0 Å². The van der Waals surface area contributed by atoms with Crippen LogP contribution < -0.4 is 10.9 Å². The van der Waals surface area contributed by atoms with Crippen LogP contribution in [-0.2, 0) is 19.3 Å². The van der Waals surface area contributed by atoms with Gasteiger partial charge in [-0.15, -0.1) is 11.3 Å². The van der Waals surface area contributed by atoms with Crippen LogP contribution in [0.2, 0.25) is 0 Å². The Hall–Kier alpha value is -2.44. The third-order valence-electron chi connectivity index (χ3n) is 6.22. The highest BCUT2D eigenvalue weighted by Crippen LogP contribution is 2.35. The minimum Gasteiger partial charge on any atom is -0.361 e. The topological polar surface area (TPSA) is 78.2 Å². The van der Waals surface area contributed by atoms with Gasteiger partial charge < -0.3 is 15.3 Å². The molecular formula is C23H27N4OS+. The molecule has 0 saturated carbocycles. The molecule has 5 rings (SSSR count). The zero-order valence-corrected chi connectivity index (χ0v) is 17.7. The molecule has 150 valence electrons. The van der Waals surface area contributed by atoms with Crippen molar-refractivity contribution < 1.29 is 5.32 Å². The van der Waals surface area contributed by atoms with Crippen LogP contribution in [0.1, 0.15) is 48.1 Å². The maximum Gasteiger partial charge on any atom is 0.260 e. The fourth-order valence-electron chi connectivity index (χ4n) is 4.52. The Kier molecular flexibility index (Phi) is 4.76. The fraction of sp³-hybridized carbons (Fsp3) is 0.391. The Labute approximate surface area is 173 Å². The lowest BCUT2D eigenvalue weighted by molar-refractivity contribution is -0.693. The van der Waals surface area contributed by atoms with Crippen molar-refractivity contribution >= 4 is 32.5 Å². The largest absolute Gasteiger partial charge is 0.361 e. The first kappa shape index (κ1) is 18.6. The molecule has 0 radical (unpaired) electrons. The number of hydrogen-bond donors (Lipinski definition) is 3. The van der Waals surface area contributed by atoms with E-state index in [0.717, 1.165) is 48.3 Å². The first-order valence-electron chi connectivity index (χ1n) is 10.5. The van der Waals surface area contributed by atoms with Gasteiger partial charge in [-0.05, 0) is 49.3 Å². The number of fused-ring (bicyclic) bond motifs is 4. The number of nitrogens with zero attached hydrogens (tertiary/aromatic N) is 1. The monoisotopic (exact) mass is 407 g/mol. The maximum atomic E-state index is 12.8. The van der Waals surface area contributed by atoms with Crippen molar-refractivity contribution in [1.82, 2.24) is 15.0 Å². The van der Waals surface area contributed by atoms with Gasteiger partial charge in [-0.2, -0.15) is 0 Å². The van der Waals surface area contributed by atoms with E-state index in [-0.39, 0.29) is 11.6 Å². The SMILES string of the molecule is C[C@H]1CCc2c(sc3nc([C@@H](C)[NH2+]CCc4c[nH]c5ccccc45)[nH]c(=O)c23)C1. The van der Waals surface area contributed by atoms with Gasteiger partial charge in [0.05, 0.1) is 11.9 Å². The number of rotatable bonds is 5. The summed E-state index contributed by atoms with van der Waals surface area (Å²) in [5, 5.41) is 4.40. The van der Waals surface area contributed by atoms with E-state index in [4.69, 9.17) is 4.98 Å². The summed E-state index contributed by atoms with van der Waals surface area (Å²) in [6.45, 7) is 5.36. The number of hydrogen-bond acceptors (Lipinski definition) is 3. The van der Waals surface area contributed by atoms with Crippen molar-refractivity contribution in [2.45, 2.75) is 45.6 Å². The van der Waals surface area contributed by atoms with E-state index in [9.17, 15) is 4.79 Å². The second kappa shape index (κ2) is 7.43. The Bertz CT molecular complexity index is 1230. The molecule has 0 saturated heterocycles. The molecule has 4 N–H and O–H groups in total. The van der Waals surface area contributed by atoms with E-state index in [1.54, 1.807) is 11.3 Å². The molecule has 4 aromatic rings. The number of nitrogens with one attached hydrogen (secondary N) is 2. The number of thiophene rings is 1. The molecule has 0 spiro atoms. The predicted molar refractivity (Wildman–Crippen MR) is 119 cm³/mol. The van der Waals surface area contributed by atoms with Crippen LogP contribution in [0, 0.1) is 5.92 Å². The van der Waals surface area contributed by atoms with E-state index >= 15 is 0 Å². The minimum absolute atomic E-state index is 0.0360. The third-order valence-corrected chi connectivity index (χ3v) is 7.37. The van der Waals surface area contributed by atoms with Gasteiger partial charge in [0.1, 0.15) is 10.9 Å². The standard InChI is InChI=1S/C23H26N4OS/c1-13-7-8-17-19(11-13)29-23-20(17)22(28)26-21(27-23)14(2)24-10-9-15-12-25-18-6-4-3-5-16(15)18/h3-6,12-14,24-25H,7-11H2,1-2H3,(H,26,27,28)/p+1/t13-,14+/m0/s1. The fourth-order valence-corrected chi connectivity index (χ4v) is 5.91. The lowest BCUT2D eigenvalue weighted by Crippen LogP contribution is -2.85. The molecule has 3 heterocycles. The lowest BCUT2D eigenvalue weighted by Gasteiger charge is -2.17. The molecule has 2 atom stereocenters. The number of aromatic nitrogens is 3. The van der Waals surface area contributed by atoms with Crippen LogP contribution in [0.25, 0.3) is 21.1 Å². The van der Waals surface area contributed by atoms with E-state index < -0.39 is 0 Å². The molecule has 1 aliphatic carbocycles. The highest BCUT2D eigenvalue weighted by atomic mass is 32.1. The highest BCUT2D eigenvalue weighted by molar-refractivity contribution is 7.18. The average molecular weight is 408 g/mol. The number of H-pyrrole nitrogens is 2. The van der Waals surface area contributed by atoms with Crippen LogP contribution in [0.5, 0.6) is 0 Å². The van der Waals surface area contributed by atoms with Gasteiger partial charge in [-0.1, -0.05) is 25.1 Å². The quantitative estimate of drug-likeness (QED) is 0.474. The average Bonchev–Trinajstić information content (AvgIpc) is 3.28. The summed E-state index contributed by atoms with van der Waals surface area (Å²) < 4.78 is 0. The summed E-state index contributed by atoms with van der Waals surface area (Å²) in [5.41, 5.74) is 3.80. The minimum atomic E-state index is 0.0360. The molecule has 0 amide bonds. The number of quaternary nitrogens is 1. The van der Waals surface area contributed by atoms with Crippen molar-refractivity contribution in [3.63, 3.8) is 0 Å². The summed E-state index contributed by atoms with van der Waals surface area (Å²) in [6.07, 6.45) is 6.33. The zero-order valence-electron chi connectivity index (χ0n) is 16.9. The molecular weight excluding hydrogens is 380 g/mol. The van der Waals surface area contributed by atoms with Crippen molar-refractivity contribution in [3.8, 4) is 0 Å². The van der Waals surface area contributed by atoms with Gasteiger partial charge in [-0.25, -0.2) is 4.98 Å². The van der Waals surface area contributed by atoms with E-state index in [2.05, 4.69) is 59.6 Å². The van der Waals surface area contributed by atoms with Gasteiger partial charge in [0.25, 0.3) is 5.56 Å².